The van der Waals surface area contributed by atoms with Gasteiger partial charge in [-0.25, -0.2) is 0 Å². The lowest BCUT2D eigenvalue weighted by Crippen LogP contribution is -1.99. The Hall–Kier alpha value is -0.980. The van der Waals surface area contributed by atoms with E-state index >= 15 is 0 Å². The lowest BCUT2D eigenvalue weighted by atomic mass is 10.0. The molecule has 1 nitrogen and oxygen atoms in total. The van der Waals surface area contributed by atoms with Gasteiger partial charge in [0, 0.05) is 12.0 Å². The molecule has 0 aromatic heterocycles. The minimum atomic E-state index is 0.836. The molecular formula is C16H26O. The number of rotatable bonds is 5. The first kappa shape index (κ1) is 14.1. The van der Waals surface area contributed by atoms with Gasteiger partial charge in [-0.15, -0.1) is 0 Å². The summed E-state index contributed by atoms with van der Waals surface area (Å²) in [4.78, 5) is 0. The highest BCUT2D eigenvalue weighted by molar-refractivity contribution is 5.53. The number of allylic oxidation sites excluding steroid dienone is 6. The average molecular weight is 234 g/mol. The van der Waals surface area contributed by atoms with E-state index in [1.54, 1.807) is 0 Å². The van der Waals surface area contributed by atoms with Gasteiger partial charge in [-0.2, -0.15) is 0 Å². The van der Waals surface area contributed by atoms with Gasteiger partial charge in [0.1, 0.15) is 5.76 Å². The summed E-state index contributed by atoms with van der Waals surface area (Å²) in [6.07, 6.45) is 10.1. The fourth-order valence-corrected chi connectivity index (χ4v) is 2.40. The van der Waals surface area contributed by atoms with E-state index in [4.69, 9.17) is 4.74 Å². The molecule has 1 aliphatic rings. The zero-order valence-electron chi connectivity index (χ0n) is 11.8. The Balaban J connectivity index is 3.07. The number of hydrogen-bond donors (Lipinski definition) is 0. The highest BCUT2D eigenvalue weighted by Gasteiger charge is 2.22. The maximum atomic E-state index is 5.93. The normalized spacial score (nSPS) is 23.5. The third-order valence-corrected chi connectivity index (χ3v) is 3.19. The second kappa shape index (κ2) is 7.37. The molecule has 17 heavy (non-hydrogen) atoms. The topological polar surface area (TPSA) is 9.23 Å². The van der Waals surface area contributed by atoms with Crippen LogP contribution in [0.3, 0.4) is 0 Å². The molecule has 0 aromatic carbocycles. The van der Waals surface area contributed by atoms with Crippen LogP contribution in [0.15, 0.2) is 34.6 Å². The zero-order valence-corrected chi connectivity index (χ0v) is 11.8. The second-order valence-corrected chi connectivity index (χ2v) is 4.45. The fraction of sp³-hybridized carbons (Fsp3) is 0.625. The van der Waals surface area contributed by atoms with E-state index in [0.717, 1.165) is 25.9 Å². The van der Waals surface area contributed by atoms with E-state index in [9.17, 15) is 0 Å². The average Bonchev–Trinajstić information content (AvgIpc) is 2.74. The van der Waals surface area contributed by atoms with Crippen LogP contribution in [0.5, 0.6) is 0 Å². The molecule has 0 radical (unpaired) electrons. The van der Waals surface area contributed by atoms with Crippen molar-refractivity contribution in [3.05, 3.63) is 34.6 Å². The zero-order chi connectivity index (χ0) is 12.7. The van der Waals surface area contributed by atoms with Gasteiger partial charge in [0.05, 0.1) is 6.61 Å². The summed E-state index contributed by atoms with van der Waals surface area (Å²) in [5.74, 6) is 1.19. The SMILES string of the molecule is C/C=C1/CCC(=C\CC)/C1=C(/CC)OCCC. The summed E-state index contributed by atoms with van der Waals surface area (Å²) in [5.41, 5.74) is 4.37. The molecule has 0 heterocycles. The molecule has 0 aliphatic heterocycles. The lowest BCUT2D eigenvalue weighted by molar-refractivity contribution is 0.202. The highest BCUT2D eigenvalue weighted by Crippen LogP contribution is 2.38. The van der Waals surface area contributed by atoms with Crippen molar-refractivity contribution in [1.82, 2.24) is 0 Å². The van der Waals surface area contributed by atoms with Gasteiger partial charge < -0.3 is 4.74 Å². The van der Waals surface area contributed by atoms with Crippen LogP contribution in [-0.2, 0) is 4.74 Å². The summed E-state index contributed by atoms with van der Waals surface area (Å²) in [5, 5.41) is 0. The maximum Gasteiger partial charge on any atom is 0.103 e. The Kier molecular flexibility index (Phi) is 6.10. The van der Waals surface area contributed by atoms with Crippen LogP contribution in [0.4, 0.5) is 0 Å². The maximum absolute atomic E-state index is 5.93. The minimum absolute atomic E-state index is 0.836. The largest absolute Gasteiger partial charge is 0.497 e. The predicted octanol–water partition coefficient (Wildman–Crippen LogP) is 5.15. The molecule has 0 saturated heterocycles. The molecule has 0 aromatic rings. The summed E-state index contributed by atoms with van der Waals surface area (Å²) in [6.45, 7) is 9.52. The van der Waals surface area contributed by atoms with E-state index in [-0.39, 0.29) is 0 Å². The third kappa shape index (κ3) is 3.49. The van der Waals surface area contributed by atoms with Gasteiger partial charge in [-0.1, -0.05) is 32.9 Å². The molecule has 0 spiro atoms. The molecule has 0 bridgehead atoms. The van der Waals surface area contributed by atoms with E-state index in [1.165, 1.54) is 35.3 Å². The van der Waals surface area contributed by atoms with Gasteiger partial charge in [-0.3, -0.25) is 0 Å². The van der Waals surface area contributed by atoms with Gasteiger partial charge in [0.25, 0.3) is 0 Å². The smallest absolute Gasteiger partial charge is 0.103 e. The van der Waals surface area contributed by atoms with Crippen molar-refractivity contribution in [2.24, 2.45) is 0 Å². The van der Waals surface area contributed by atoms with Crippen molar-refractivity contribution in [3.8, 4) is 0 Å². The first-order chi connectivity index (χ1) is 8.28. The quantitative estimate of drug-likeness (QED) is 0.597. The Morgan fingerprint density at radius 1 is 1.18 bits per heavy atom. The molecule has 0 atom stereocenters. The standard InChI is InChI=1S/C16H26O/c1-5-9-14-11-10-13(7-3)16(14)15(8-4)17-12-6-2/h7,9H,5-6,8,10-12H2,1-4H3/b13-7-,14-9+,16-15-. The van der Waals surface area contributed by atoms with Crippen LogP contribution < -0.4 is 0 Å². The molecule has 0 N–H and O–H groups in total. The monoisotopic (exact) mass is 234 g/mol. The van der Waals surface area contributed by atoms with E-state index in [1.807, 2.05) is 0 Å². The molecular weight excluding hydrogens is 208 g/mol. The molecule has 1 fully saturated rings. The number of hydrogen-bond acceptors (Lipinski definition) is 1. The van der Waals surface area contributed by atoms with Gasteiger partial charge in [-0.05, 0) is 43.8 Å². The van der Waals surface area contributed by atoms with Crippen molar-refractivity contribution in [2.45, 2.75) is 59.8 Å². The highest BCUT2D eigenvalue weighted by atomic mass is 16.5. The molecule has 0 amide bonds. The summed E-state index contributed by atoms with van der Waals surface area (Å²) < 4.78 is 5.93. The Morgan fingerprint density at radius 2 is 1.88 bits per heavy atom. The first-order valence-electron chi connectivity index (χ1n) is 6.99. The Bertz CT molecular complexity index is 331. The van der Waals surface area contributed by atoms with Crippen LogP contribution in [0.25, 0.3) is 0 Å². The van der Waals surface area contributed by atoms with Crippen LogP contribution in [-0.4, -0.2) is 6.61 Å². The Morgan fingerprint density at radius 3 is 2.41 bits per heavy atom. The molecule has 1 saturated carbocycles. The Labute approximate surface area is 106 Å². The van der Waals surface area contributed by atoms with Crippen LogP contribution in [0.2, 0.25) is 0 Å². The second-order valence-electron chi connectivity index (χ2n) is 4.45. The van der Waals surface area contributed by atoms with Crippen molar-refractivity contribution in [1.29, 1.82) is 0 Å². The van der Waals surface area contributed by atoms with Crippen molar-refractivity contribution >= 4 is 0 Å². The van der Waals surface area contributed by atoms with Crippen molar-refractivity contribution < 1.29 is 4.74 Å². The predicted molar refractivity (Wildman–Crippen MR) is 74.9 cm³/mol. The summed E-state index contributed by atoms with van der Waals surface area (Å²) in [6, 6.07) is 0. The van der Waals surface area contributed by atoms with Gasteiger partial charge in [0.15, 0.2) is 0 Å². The lowest BCUT2D eigenvalue weighted by Gasteiger charge is -2.13. The van der Waals surface area contributed by atoms with E-state index in [2.05, 4.69) is 39.8 Å². The molecule has 0 unspecified atom stereocenters. The van der Waals surface area contributed by atoms with Crippen LogP contribution in [0, 0.1) is 0 Å². The van der Waals surface area contributed by atoms with Crippen molar-refractivity contribution in [2.75, 3.05) is 6.61 Å². The van der Waals surface area contributed by atoms with Crippen molar-refractivity contribution in [3.63, 3.8) is 0 Å². The first-order valence-corrected chi connectivity index (χ1v) is 6.99. The molecule has 96 valence electrons. The van der Waals surface area contributed by atoms with Crippen LogP contribution >= 0.6 is 0 Å². The van der Waals surface area contributed by atoms with E-state index < -0.39 is 0 Å². The third-order valence-electron chi connectivity index (χ3n) is 3.19. The van der Waals surface area contributed by atoms with Gasteiger partial charge in [0.2, 0.25) is 0 Å². The minimum Gasteiger partial charge on any atom is -0.497 e. The fourth-order valence-electron chi connectivity index (χ4n) is 2.40. The van der Waals surface area contributed by atoms with Gasteiger partial charge >= 0.3 is 0 Å². The number of ether oxygens (including phenoxy) is 1. The molecule has 1 rings (SSSR count). The molecule has 1 aliphatic carbocycles. The summed E-state index contributed by atoms with van der Waals surface area (Å²) >= 11 is 0. The van der Waals surface area contributed by atoms with Crippen LogP contribution in [0.1, 0.15) is 59.8 Å². The summed E-state index contributed by atoms with van der Waals surface area (Å²) in [7, 11) is 0. The van der Waals surface area contributed by atoms with E-state index in [0.29, 0.717) is 0 Å². The molecule has 1 heteroatoms.